The number of anilines is 1. The maximum Gasteiger partial charge on any atom is 0.287 e. The quantitative estimate of drug-likeness (QED) is 0.564. The molecule has 1 amide bonds. The van der Waals surface area contributed by atoms with Crippen molar-refractivity contribution in [3.8, 4) is 5.75 Å². The van der Waals surface area contributed by atoms with Crippen LogP contribution in [0, 0.1) is 6.92 Å². The summed E-state index contributed by atoms with van der Waals surface area (Å²) in [5.41, 5.74) is 7.48. The third-order valence-corrected chi connectivity index (χ3v) is 2.83. The molecular formula is C17H26N4O2. The molecule has 1 aromatic carbocycles. The highest BCUT2D eigenvalue weighted by atomic mass is 16.5. The summed E-state index contributed by atoms with van der Waals surface area (Å²) in [5, 5.41) is 2.76. The van der Waals surface area contributed by atoms with Gasteiger partial charge in [-0.05, 0) is 37.1 Å². The van der Waals surface area contributed by atoms with Crippen LogP contribution in [-0.2, 0) is 0 Å². The zero-order valence-corrected chi connectivity index (χ0v) is 14.1. The fraction of sp³-hybridized carbons (Fsp3) is 0.412. The molecule has 0 saturated carbocycles. The lowest BCUT2D eigenvalue weighted by molar-refractivity contribution is 0.0942. The van der Waals surface area contributed by atoms with E-state index in [1.807, 2.05) is 25.1 Å². The van der Waals surface area contributed by atoms with E-state index in [2.05, 4.69) is 29.1 Å². The average Bonchev–Trinajstić information content (AvgIpc) is 3.05. The molecule has 1 aromatic heterocycles. The summed E-state index contributed by atoms with van der Waals surface area (Å²) in [5.74, 6) is 0.896. The van der Waals surface area contributed by atoms with Crippen molar-refractivity contribution in [1.82, 2.24) is 15.3 Å². The van der Waals surface area contributed by atoms with Crippen molar-refractivity contribution in [3.63, 3.8) is 0 Å². The molecule has 0 unspecified atom stereocenters. The minimum absolute atomic E-state index is 0.210. The Labute approximate surface area is 137 Å². The van der Waals surface area contributed by atoms with Crippen molar-refractivity contribution in [1.29, 1.82) is 0 Å². The number of benzene rings is 1. The smallest absolute Gasteiger partial charge is 0.287 e. The number of nitrogens with zero attached hydrogens (tertiary/aromatic N) is 1. The minimum Gasteiger partial charge on any atom is -0.494 e. The van der Waals surface area contributed by atoms with Gasteiger partial charge in [0, 0.05) is 24.6 Å². The number of amides is 1. The molecule has 6 nitrogen and oxygen atoms in total. The number of nitrogens with two attached hydrogens (primary N) is 1. The van der Waals surface area contributed by atoms with Crippen molar-refractivity contribution in [2.24, 2.45) is 0 Å². The fourth-order valence-electron chi connectivity index (χ4n) is 1.68. The predicted molar refractivity (Wildman–Crippen MR) is 92.6 cm³/mol. The average molecular weight is 318 g/mol. The number of ether oxygens (including phenoxy) is 1. The summed E-state index contributed by atoms with van der Waals surface area (Å²) in [7, 11) is 0. The van der Waals surface area contributed by atoms with Gasteiger partial charge in [-0.2, -0.15) is 0 Å². The van der Waals surface area contributed by atoms with Crippen molar-refractivity contribution < 1.29 is 9.53 Å². The Balaban J connectivity index is 0.000000816. The van der Waals surface area contributed by atoms with Gasteiger partial charge in [-0.15, -0.1) is 0 Å². The zero-order valence-electron chi connectivity index (χ0n) is 14.1. The molecule has 0 radical (unpaired) electrons. The molecule has 0 aliphatic heterocycles. The van der Waals surface area contributed by atoms with Crippen LogP contribution in [0.25, 0.3) is 0 Å². The predicted octanol–water partition coefficient (Wildman–Crippen LogP) is 2.92. The normalized spacial score (nSPS) is 9.70. The highest BCUT2D eigenvalue weighted by Gasteiger charge is 2.06. The van der Waals surface area contributed by atoms with Crippen LogP contribution in [0.5, 0.6) is 5.75 Å². The first kappa shape index (κ1) is 18.5. The van der Waals surface area contributed by atoms with E-state index in [0.717, 1.165) is 23.4 Å². The fourth-order valence-corrected chi connectivity index (χ4v) is 1.68. The summed E-state index contributed by atoms with van der Waals surface area (Å²) >= 11 is 0. The number of aromatic amines is 1. The number of aromatic nitrogens is 2. The largest absolute Gasteiger partial charge is 0.494 e. The van der Waals surface area contributed by atoms with Gasteiger partial charge in [0.1, 0.15) is 5.75 Å². The number of H-pyrrole nitrogens is 1. The van der Waals surface area contributed by atoms with Crippen molar-refractivity contribution in [3.05, 3.63) is 42.0 Å². The van der Waals surface area contributed by atoms with Gasteiger partial charge in [0.2, 0.25) is 0 Å². The van der Waals surface area contributed by atoms with E-state index in [4.69, 9.17) is 10.5 Å². The number of carbonyl (C=O) groups excluding carboxylic acids is 1. The van der Waals surface area contributed by atoms with E-state index in [0.29, 0.717) is 19.0 Å². The van der Waals surface area contributed by atoms with Gasteiger partial charge in [0.15, 0.2) is 5.82 Å². The van der Waals surface area contributed by atoms with Gasteiger partial charge < -0.3 is 20.8 Å². The van der Waals surface area contributed by atoms with E-state index in [1.165, 1.54) is 6.42 Å². The van der Waals surface area contributed by atoms with E-state index >= 15 is 0 Å². The Morgan fingerprint density at radius 3 is 2.74 bits per heavy atom. The standard InChI is InChI=1S/C14H18N4O2.C3H8/c1-10-9-11(3-4-12(10)15)20-8-2-5-18-14(19)13-16-6-7-17-13;1-3-2/h3-4,6-7,9H,2,5,8,15H2,1H3,(H,16,17)(H,18,19);3H2,1-2H3. The molecule has 0 atom stereocenters. The number of hydrogen-bond acceptors (Lipinski definition) is 4. The molecular weight excluding hydrogens is 292 g/mol. The molecule has 1 heterocycles. The van der Waals surface area contributed by atoms with Gasteiger partial charge in [-0.1, -0.05) is 20.3 Å². The van der Waals surface area contributed by atoms with Crippen LogP contribution >= 0.6 is 0 Å². The monoisotopic (exact) mass is 318 g/mol. The number of carbonyl (C=O) groups is 1. The Morgan fingerprint density at radius 1 is 1.39 bits per heavy atom. The van der Waals surface area contributed by atoms with Gasteiger partial charge in [0.05, 0.1) is 6.61 Å². The van der Waals surface area contributed by atoms with Crippen LogP contribution in [0.1, 0.15) is 42.9 Å². The Morgan fingerprint density at radius 2 is 2.13 bits per heavy atom. The molecule has 0 bridgehead atoms. The third kappa shape index (κ3) is 6.86. The van der Waals surface area contributed by atoms with Crippen LogP contribution in [0.2, 0.25) is 0 Å². The molecule has 0 aliphatic rings. The van der Waals surface area contributed by atoms with Gasteiger partial charge in [-0.25, -0.2) is 4.98 Å². The lowest BCUT2D eigenvalue weighted by atomic mass is 10.2. The number of imidazole rings is 1. The second kappa shape index (κ2) is 10.3. The first-order valence-electron chi connectivity index (χ1n) is 7.85. The van der Waals surface area contributed by atoms with Crippen LogP contribution in [-0.4, -0.2) is 29.0 Å². The highest BCUT2D eigenvalue weighted by Crippen LogP contribution is 2.18. The topological polar surface area (TPSA) is 93.0 Å². The summed E-state index contributed by atoms with van der Waals surface area (Å²) < 4.78 is 5.58. The molecule has 0 spiro atoms. The van der Waals surface area contributed by atoms with Gasteiger partial charge >= 0.3 is 0 Å². The maximum atomic E-state index is 11.6. The minimum atomic E-state index is -0.210. The Kier molecular flexibility index (Phi) is 8.28. The van der Waals surface area contributed by atoms with Crippen molar-refractivity contribution in [2.45, 2.75) is 33.6 Å². The van der Waals surface area contributed by atoms with Gasteiger partial charge in [-0.3, -0.25) is 4.79 Å². The Bertz CT molecular complexity index is 582. The molecule has 0 aliphatic carbocycles. The van der Waals surface area contributed by atoms with Crippen molar-refractivity contribution >= 4 is 11.6 Å². The van der Waals surface area contributed by atoms with Crippen LogP contribution in [0.4, 0.5) is 5.69 Å². The van der Waals surface area contributed by atoms with Crippen LogP contribution < -0.4 is 15.8 Å². The lowest BCUT2D eigenvalue weighted by Crippen LogP contribution is -2.26. The number of rotatable bonds is 6. The molecule has 6 heteroatoms. The third-order valence-electron chi connectivity index (χ3n) is 2.83. The molecule has 23 heavy (non-hydrogen) atoms. The number of nitrogen functional groups attached to an aromatic ring is 1. The SMILES string of the molecule is CCC.Cc1cc(OCCCNC(=O)c2ncc[nH]2)ccc1N. The molecule has 2 rings (SSSR count). The second-order valence-electron chi connectivity index (χ2n) is 5.12. The summed E-state index contributed by atoms with van der Waals surface area (Å²) in [4.78, 5) is 18.2. The van der Waals surface area contributed by atoms with E-state index in [-0.39, 0.29) is 5.91 Å². The number of aryl methyl sites for hydroxylation is 1. The highest BCUT2D eigenvalue weighted by molar-refractivity contribution is 5.90. The summed E-state index contributed by atoms with van der Waals surface area (Å²) in [6, 6.07) is 5.56. The number of hydrogen-bond donors (Lipinski definition) is 3. The lowest BCUT2D eigenvalue weighted by Gasteiger charge is -2.08. The summed E-state index contributed by atoms with van der Waals surface area (Å²) in [6.07, 6.45) is 5.12. The van der Waals surface area contributed by atoms with Crippen LogP contribution in [0.3, 0.4) is 0 Å². The molecule has 0 saturated heterocycles. The van der Waals surface area contributed by atoms with E-state index < -0.39 is 0 Å². The summed E-state index contributed by atoms with van der Waals surface area (Å²) in [6.45, 7) is 7.25. The van der Waals surface area contributed by atoms with E-state index in [9.17, 15) is 4.79 Å². The van der Waals surface area contributed by atoms with Crippen molar-refractivity contribution in [2.75, 3.05) is 18.9 Å². The maximum absolute atomic E-state index is 11.6. The first-order chi connectivity index (χ1) is 11.1. The Hall–Kier alpha value is -2.50. The number of nitrogens with one attached hydrogen (secondary N) is 2. The van der Waals surface area contributed by atoms with Gasteiger partial charge in [0.25, 0.3) is 5.91 Å². The molecule has 4 N–H and O–H groups in total. The molecule has 126 valence electrons. The van der Waals surface area contributed by atoms with E-state index in [1.54, 1.807) is 12.4 Å². The van der Waals surface area contributed by atoms with Crippen LogP contribution in [0.15, 0.2) is 30.6 Å². The molecule has 2 aromatic rings. The first-order valence-corrected chi connectivity index (χ1v) is 7.85. The second-order valence-corrected chi connectivity index (χ2v) is 5.12. The zero-order chi connectivity index (χ0) is 17.1. The molecule has 0 fully saturated rings.